The lowest BCUT2D eigenvalue weighted by molar-refractivity contribution is 0.222. The number of primary sulfonamides is 1. The molecule has 1 aromatic rings. The number of carbonyl (C=O) groups is 1. The lowest BCUT2D eigenvalue weighted by atomic mass is 10.2. The first-order valence-corrected chi connectivity index (χ1v) is 7.62. The maximum Gasteiger partial charge on any atom is 0.321 e. The third-order valence-corrected chi connectivity index (χ3v) is 4.19. The Kier molecular flexibility index (Phi) is 3.77. The second-order valence-electron chi connectivity index (χ2n) is 4.65. The number of rotatable bonds is 2. The summed E-state index contributed by atoms with van der Waals surface area (Å²) >= 11 is 0. The first kappa shape index (κ1) is 13.8. The van der Waals surface area contributed by atoms with Crippen LogP contribution in [0.15, 0.2) is 23.1 Å². The molecule has 1 aromatic carbocycles. The SMILES string of the molecule is Cc1ccc(NC(=O)N2CCCC2)cc1S(N)(=O)=O. The van der Waals surface area contributed by atoms with Gasteiger partial charge in [0.1, 0.15) is 0 Å². The van der Waals surface area contributed by atoms with Crippen LogP contribution in [0, 0.1) is 6.92 Å². The second-order valence-corrected chi connectivity index (χ2v) is 6.18. The summed E-state index contributed by atoms with van der Waals surface area (Å²) in [6.07, 6.45) is 2.01. The molecule has 0 saturated carbocycles. The predicted octanol–water partition coefficient (Wildman–Crippen LogP) is 1.27. The Morgan fingerprint density at radius 1 is 1.32 bits per heavy atom. The summed E-state index contributed by atoms with van der Waals surface area (Å²) in [6.45, 7) is 3.13. The molecule has 0 atom stereocenters. The van der Waals surface area contributed by atoms with Crippen LogP contribution in [0.2, 0.25) is 0 Å². The van der Waals surface area contributed by atoms with Crippen molar-refractivity contribution >= 4 is 21.7 Å². The predicted molar refractivity (Wildman–Crippen MR) is 72.4 cm³/mol. The summed E-state index contributed by atoms with van der Waals surface area (Å²) in [5.74, 6) is 0. The maximum atomic E-state index is 11.9. The molecule has 0 bridgehead atoms. The number of urea groups is 1. The highest BCUT2D eigenvalue weighted by atomic mass is 32.2. The fraction of sp³-hybridized carbons (Fsp3) is 0.417. The maximum absolute atomic E-state index is 11.9. The lowest BCUT2D eigenvalue weighted by Gasteiger charge is -2.16. The van der Waals surface area contributed by atoms with Gasteiger partial charge < -0.3 is 10.2 Å². The van der Waals surface area contributed by atoms with E-state index in [1.165, 1.54) is 6.07 Å². The van der Waals surface area contributed by atoms with E-state index in [4.69, 9.17) is 5.14 Å². The van der Waals surface area contributed by atoms with Gasteiger partial charge in [0.15, 0.2) is 0 Å². The number of nitrogens with zero attached hydrogens (tertiary/aromatic N) is 1. The van der Waals surface area contributed by atoms with Crippen LogP contribution in [0.5, 0.6) is 0 Å². The van der Waals surface area contributed by atoms with E-state index in [2.05, 4.69) is 5.32 Å². The first-order chi connectivity index (χ1) is 8.88. The van der Waals surface area contributed by atoms with Crippen molar-refractivity contribution in [3.8, 4) is 0 Å². The quantitative estimate of drug-likeness (QED) is 0.856. The van der Waals surface area contributed by atoms with E-state index >= 15 is 0 Å². The fourth-order valence-corrected chi connectivity index (χ4v) is 2.92. The van der Waals surface area contributed by atoms with Crippen LogP contribution in [0.3, 0.4) is 0 Å². The molecule has 1 fully saturated rings. The van der Waals surface area contributed by atoms with Gasteiger partial charge in [-0.15, -0.1) is 0 Å². The number of anilines is 1. The van der Waals surface area contributed by atoms with E-state index in [0.29, 0.717) is 11.3 Å². The Morgan fingerprint density at radius 2 is 1.95 bits per heavy atom. The van der Waals surface area contributed by atoms with Crippen LogP contribution >= 0.6 is 0 Å². The van der Waals surface area contributed by atoms with Gasteiger partial charge in [-0.1, -0.05) is 6.07 Å². The van der Waals surface area contributed by atoms with E-state index < -0.39 is 10.0 Å². The summed E-state index contributed by atoms with van der Waals surface area (Å²) in [5, 5.41) is 7.82. The zero-order valence-corrected chi connectivity index (χ0v) is 11.5. The number of benzene rings is 1. The summed E-state index contributed by atoms with van der Waals surface area (Å²) in [4.78, 5) is 13.6. The van der Waals surface area contributed by atoms with Gasteiger partial charge in [0, 0.05) is 18.8 Å². The van der Waals surface area contributed by atoms with Gasteiger partial charge in [0.25, 0.3) is 0 Å². The minimum absolute atomic E-state index is 0.0340. The van der Waals surface area contributed by atoms with Gasteiger partial charge in [-0.05, 0) is 37.5 Å². The second kappa shape index (κ2) is 5.18. The van der Waals surface area contributed by atoms with Crippen LogP contribution in [0.4, 0.5) is 10.5 Å². The summed E-state index contributed by atoms with van der Waals surface area (Å²) in [6, 6.07) is 4.47. The fourth-order valence-electron chi connectivity index (χ4n) is 2.11. The Labute approximate surface area is 112 Å². The van der Waals surface area contributed by atoms with Crippen molar-refractivity contribution < 1.29 is 13.2 Å². The number of sulfonamides is 1. The van der Waals surface area contributed by atoms with Gasteiger partial charge in [-0.3, -0.25) is 0 Å². The number of hydrogen-bond donors (Lipinski definition) is 2. The highest BCUT2D eigenvalue weighted by Crippen LogP contribution is 2.20. The van der Waals surface area contributed by atoms with Crippen molar-refractivity contribution in [2.24, 2.45) is 5.14 Å². The Bertz CT molecular complexity index is 592. The van der Waals surface area contributed by atoms with E-state index in [9.17, 15) is 13.2 Å². The smallest absolute Gasteiger partial charge is 0.321 e. The van der Waals surface area contributed by atoms with E-state index in [1.807, 2.05) is 0 Å². The van der Waals surface area contributed by atoms with Crippen LogP contribution in [0.1, 0.15) is 18.4 Å². The third kappa shape index (κ3) is 3.24. The van der Waals surface area contributed by atoms with Gasteiger partial charge in [0.2, 0.25) is 10.0 Å². The normalized spacial score (nSPS) is 15.6. The molecule has 0 aromatic heterocycles. The summed E-state index contributed by atoms with van der Waals surface area (Å²) in [5.41, 5.74) is 0.994. The zero-order chi connectivity index (χ0) is 14.0. The van der Waals surface area contributed by atoms with E-state index in [1.54, 1.807) is 24.0 Å². The van der Waals surface area contributed by atoms with Gasteiger partial charge in [-0.25, -0.2) is 18.4 Å². The van der Waals surface area contributed by atoms with Crippen LogP contribution in [-0.4, -0.2) is 32.4 Å². The number of amides is 2. The molecule has 0 radical (unpaired) electrons. The lowest BCUT2D eigenvalue weighted by Crippen LogP contribution is -2.32. The minimum atomic E-state index is -3.78. The molecule has 3 N–H and O–H groups in total. The highest BCUT2D eigenvalue weighted by Gasteiger charge is 2.19. The molecule has 7 heteroatoms. The standard InChI is InChI=1S/C12H17N3O3S/c1-9-4-5-10(8-11(9)19(13,17)18)14-12(16)15-6-2-3-7-15/h4-5,8H,2-3,6-7H2,1H3,(H,14,16)(H2,13,17,18). The molecule has 104 valence electrons. The summed E-state index contributed by atoms with van der Waals surface area (Å²) < 4.78 is 22.8. The number of aryl methyl sites for hydroxylation is 1. The van der Waals surface area contributed by atoms with Gasteiger partial charge in [0.05, 0.1) is 4.90 Å². The summed E-state index contributed by atoms with van der Waals surface area (Å²) in [7, 11) is -3.78. The Balaban J connectivity index is 2.19. The number of hydrogen-bond acceptors (Lipinski definition) is 3. The molecule has 2 rings (SSSR count). The van der Waals surface area contributed by atoms with Crippen molar-refractivity contribution in [2.75, 3.05) is 18.4 Å². The molecular weight excluding hydrogens is 266 g/mol. The molecule has 0 aliphatic carbocycles. The zero-order valence-electron chi connectivity index (χ0n) is 10.7. The molecule has 6 nitrogen and oxygen atoms in total. The van der Waals surface area contributed by atoms with Crippen molar-refractivity contribution in [1.29, 1.82) is 0 Å². The number of carbonyl (C=O) groups excluding carboxylic acids is 1. The molecule has 1 aliphatic heterocycles. The molecule has 0 spiro atoms. The first-order valence-electron chi connectivity index (χ1n) is 6.07. The number of nitrogens with two attached hydrogens (primary N) is 1. The third-order valence-electron chi connectivity index (χ3n) is 3.14. The topological polar surface area (TPSA) is 92.5 Å². The molecule has 1 aliphatic rings. The van der Waals surface area contributed by atoms with E-state index in [0.717, 1.165) is 25.9 Å². The molecule has 1 saturated heterocycles. The van der Waals surface area contributed by atoms with Crippen LogP contribution < -0.4 is 10.5 Å². The molecule has 1 heterocycles. The van der Waals surface area contributed by atoms with Gasteiger partial charge in [-0.2, -0.15) is 0 Å². The van der Waals surface area contributed by atoms with Crippen molar-refractivity contribution in [1.82, 2.24) is 4.90 Å². The van der Waals surface area contributed by atoms with E-state index in [-0.39, 0.29) is 10.9 Å². The van der Waals surface area contributed by atoms with Crippen molar-refractivity contribution in [2.45, 2.75) is 24.7 Å². The molecule has 19 heavy (non-hydrogen) atoms. The largest absolute Gasteiger partial charge is 0.325 e. The highest BCUT2D eigenvalue weighted by molar-refractivity contribution is 7.89. The average Bonchev–Trinajstić information content (AvgIpc) is 2.83. The molecule has 0 unspecified atom stereocenters. The minimum Gasteiger partial charge on any atom is -0.325 e. The number of nitrogens with one attached hydrogen (secondary N) is 1. The van der Waals surface area contributed by atoms with Crippen LogP contribution in [-0.2, 0) is 10.0 Å². The molecular formula is C12H17N3O3S. The van der Waals surface area contributed by atoms with Crippen LogP contribution in [0.25, 0.3) is 0 Å². The Morgan fingerprint density at radius 3 is 2.53 bits per heavy atom. The monoisotopic (exact) mass is 283 g/mol. The van der Waals surface area contributed by atoms with Crippen molar-refractivity contribution in [3.05, 3.63) is 23.8 Å². The number of likely N-dealkylation sites (tertiary alicyclic amines) is 1. The van der Waals surface area contributed by atoms with Crippen molar-refractivity contribution in [3.63, 3.8) is 0 Å². The van der Waals surface area contributed by atoms with Gasteiger partial charge >= 0.3 is 6.03 Å². The molecule has 2 amide bonds. The Hall–Kier alpha value is -1.60. The average molecular weight is 283 g/mol.